The predicted octanol–water partition coefficient (Wildman–Crippen LogP) is 3.66. The first-order valence-corrected chi connectivity index (χ1v) is 11.2. The molecule has 0 spiro atoms. The molecule has 0 unspecified atom stereocenters. The summed E-state index contributed by atoms with van der Waals surface area (Å²) >= 11 is 12.2. The SMILES string of the molecule is C=C(CCl)c1cc2c(cc1Cl)OC[C@H](NC(=O)c1ncn(Cc3c(F)cccc3F)n1)C(=O)N2C. The van der Waals surface area contributed by atoms with Crippen molar-refractivity contribution >= 4 is 46.3 Å². The third-order valence-corrected chi connectivity index (χ3v) is 6.05. The van der Waals surface area contributed by atoms with Crippen LogP contribution in [0.4, 0.5) is 14.5 Å². The Bertz CT molecular complexity index is 1310. The number of hydrogen-bond acceptors (Lipinski definition) is 5. The third-order valence-electron chi connectivity index (χ3n) is 5.41. The molecule has 35 heavy (non-hydrogen) atoms. The Hall–Kier alpha value is -3.50. The molecular formula is C23H19Cl2F2N5O3. The number of benzene rings is 2. The van der Waals surface area contributed by atoms with Crippen molar-refractivity contribution in [2.24, 2.45) is 0 Å². The van der Waals surface area contributed by atoms with Gasteiger partial charge in [0, 0.05) is 24.6 Å². The molecule has 1 N–H and O–H groups in total. The molecule has 2 heterocycles. The summed E-state index contributed by atoms with van der Waals surface area (Å²) in [6, 6.07) is 5.64. The monoisotopic (exact) mass is 521 g/mol. The van der Waals surface area contributed by atoms with Gasteiger partial charge < -0.3 is 15.0 Å². The number of nitrogens with zero attached hydrogens (tertiary/aromatic N) is 4. The lowest BCUT2D eigenvalue weighted by Gasteiger charge is -2.21. The summed E-state index contributed by atoms with van der Waals surface area (Å²) in [5.74, 6) is -2.46. The van der Waals surface area contributed by atoms with Gasteiger partial charge in [0.2, 0.25) is 5.82 Å². The molecule has 1 aliphatic rings. The van der Waals surface area contributed by atoms with Crippen molar-refractivity contribution < 1.29 is 23.1 Å². The van der Waals surface area contributed by atoms with Gasteiger partial charge >= 0.3 is 0 Å². The highest BCUT2D eigenvalue weighted by Gasteiger charge is 2.32. The summed E-state index contributed by atoms with van der Waals surface area (Å²) in [6.07, 6.45) is 1.17. The normalized spacial score (nSPS) is 15.3. The van der Waals surface area contributed by atoms with E-state index in [2.05, 4.69) is 22.0 Å². The second kappa shape index (κ2) is 10.0. The van der Waals surface area contributed by atoms with E-state index in [-0.39, 0.29) is 30.4 Å². The molecule has 4 rings (SSSR count). The Morgan fingerprint density at radius 2 is 2.03 bits per heavy atom. The van der Waals surface area contributed by atoms with Crippen LogP contribution in [-0.4, -0.2) is 52.2 Å². The Kier molecular flexibility index (Phi) is 7.04. The molecule has 8 nitrogen and oxygen atoms in total. The number of halogens is 4. The van der Waals surface area contributed by atoms with Crippen LogP contribution >= 0.6 is 23.2 Å². The number of nitrogens with one attached hydrogen (secondary N) is 1. The van der Waals surface area contributed by atoms with Gasteiger partial charge in [0.1, 0.15) is 36.4 Å². The number of rotatable bonds is 6. The van der Waals surface area contributed by atoms with E-state index in [4.69, 9.17) is 27.9 Å². The third kappa shape index (κ3) is 4.98. The molecule has 0 saturated carbocycles. The van der Waals surface area contributed by atoms with E-state index in [1.54, 1.807) is 12.1 Å². The second-order valence-electron chi connectivity index (χ2n) is 7.74. The average molecular weight is 522 g/mol. The van der Waals surface area contributed by atoms with E-state index < -0.39 is 29.5 Å². The lowest BCUT2D eigenvalue weighted by atomic mass is 10.1. The predicted molar refractivity (Wildman–Crippen MR) is 127 cm³/mol. The summed E-state index contributed by atoms with van der Waals surface area (Å²) in [6.45, 7) is 3.44. The maximum Gasteiger partial charge on any atom is 0.291 e. The standard InChI is InChI=1S/C23H19Cl2F2N5O3/c1-12(8-24)13-6-19-20(7-15(13)25)35-10-18(23(34)31(19)2)29-22(33)21-28-11-32(30-21)9-14-16(26)4-3-5-17(14)27/h3-7,11,18H,1,8-10H2,2H3,(H,29,33)/t18-/m0/s1. The topological polar surface area (TPSA) is 89.3 Å². The smallest absolute Gasteiger partial charge is 0.291 e. The first kappa shape index (κ1) is 24.6. The lowest BCUT2D eigenvalue weighted by Crippen LogP contribution is -2.49. The molecule has 1 atom stereocenters. The molecule has 0 aliphatic carbocycles. The van der Waals surface area contributed by atoms with Crippen molar-refractivity contribution in [3.8, 4) is 5.75 Å². The van der Waals surface area contributed by atoms with E-state index >= 15 is 0 Å². The minimum atomic E-state index is -1.06. The first-order valence-electron chi connectivity index (χ1n) is 10.3. The number of allylic oxidation sites excluding steroid dienone is 1. The number of fused-ring (bicyclic) bond motifs is 1. The zero-order valence-electron chi connectivity index (χ0n) is 18.4. The second-order valence-corrected chi connectivity index (χ2v) is 8.41. The molecule has 2 aromatic carbocycles. The van der Waals surface area contributed by atoms with Crippen LogP contribution in [0.3, 0.4) is 0 Å². The molecule has 1 aromatic heterocycles. The molecule has 182 valence electrons. The van der Waals surface area contributed by atoms with Gasteiger partial charge in [-0.25, -0.2) is 18.4 Å². The van der Waals surface area contributed by atoms with E-state index in [9.17, 15) is 18.4 Å². The Morgan fingerprint density at radius 3 is 2.71 bits per heavy atom. The van der Waals surface area contributed by atoms with E-state index in [1.165, 1.54) is 24.3 Å². The van der Waals surface area contributed by atoms with Gasteiger partial charge in [-0.05, 0) is 29.3 Å². The van der Waals surface area contributed by atoms with Crippen molar-refractivity contribution in [3.05, 3.63) is 76.8 Å². The Morgan fingerprint density at radius 1 is 1.31 bits per heavy atom. The minimum Gasteiger partial charge on any atom is -0.489 e. The number of anilines is 1. The van der Waals surface area contributed by atoms with Crippen LogP contribution < -0.4 is 15.0 Å². The Labute approximate surface area is 209 Å². The van der Waals surface area contributed by atoms with Crippen LogP contribution in [0.1, 0.15) is 21.7 Å². The maximum atomic E-state index is 13.9. The molecule has 0 radical (unpaired) electrons. The van der Waals surface area contributed by atoms with Crippen LogP contribution in [-0.2, 0) is 11.3 Å². The molecule has 12 heteroatoms. The van der Waals surface area contributed by atoms with Gasteiger partial charge in [-0.2, -0.15) is 0 Å². The highest BCUT2D eigenvalue weighted by atomic mass is 35.5. The van der Waals surface area contributed by atoms with E-state index in [0.29, 0.717) is 27.6 Å². The van der Waals surface area contributed by atoms with Crippen LogP contribution in [0.15, 0.2) is 43.2 Å². The van der Waals surface area contributed by atoms with Gasteiger partial charge in [0.05, 0.1) is 17.3 Å². The van der Waals surface area contributed by atoms with Gasteiger partial charge in [-0.1, -0.05) is 24.2 Å². The van der Waals surface area contributed by atoms with Crippen molar-refractivity contribution in [2.45, 2.75) is 12.6 Å². The fourth-order valence-electron chi connectivity index (χ4n) is 3.51. The highest BCUT2D eigenvalue weighted by molar-refractivity contribution is 6.33. The summed E-state index contributed by atoms with van der Waals surface area (Å²) in [5, 5.41) is 6.87. The number of hydrogen-bond donors (Lipinski definition) is 1. The van der Waals surface area contributed by atoms with E-state index in [1.807, 2.05) is 0 Å². The quantitative estimate of drug-likeness (QED) is 0.500. The highest BCUT2D eigenvalue weighted by Crippen LogP contribution is 2.38. The fraction of sp³-hybridized carbons (Fsp3) is 0.217. The molecule has 3 aromatic rings. The number of carbonyl (C=O) groups excluding carboxylic acids is 2. The molecule has 1 aliphatic heterocycles. The van der Waals surface area contributed by atoms with Gasteiger partial charge in [-0.3, -0.25) is 9.59 Å². The van der Waals surface area contributed by atoms with E-state index in [0.717, 1.165) is 16.8 Å². The zero-order valence-corrected chi connectivity index (χ0v) is 19.9. The van der Waals surface area contributed by atoms with Crippen LogP contribution in [0.5, 0.6) is 5.75 Å². The molecule has 2 amide bonds. The number of likely N-dealkylation sites (N-methyl/N-ethyl adjacent to an activating group) is 1. The first-order chi connectivity index (χ1) is 16.7. The number of alkyl halides is 1. The largest absolute Gasteiger partial charge is 0.489 e. The number of carbonyl (C=O) groups is 2. The summed E-state index contributed by atoms with van der Waals surface area (Å²) in [4.78, 5) is 31.0. The molecule has 0 fully saturated rings. The lowest BCUT2D eigenvalue weighted by molar-refractivity contribution is -0.120. The van der Waals surface area contributed by atoms with Crippen LogP contribution in [0, 0.1) is 11.6 Å². The summed E-state index contributed by atoms with van der Waals surface area (Å²) in [7, 11) is 1.53. The molecular weight excluding hydrogens is 503 g/mol. The van der Waals surface area contributed by atoms with Crippen molar-refractivity contribution in [3.63, 3.8) is 0 Å². The number of aromatic nitrogens is 3. The van der Waals surface area contributed by atoms with Crippen molar-refractivity contribution in [2.75, 3.05) is 24.4 Å². The number of amides is 2. The molecule has 0 bridgehead atoms. The van der Waals surface area contributed by atoms with Crippen LogP contribution in [0.25, 0.3) is 5.57 Å². The minimum absolute atomic E-state index is 0.152. The zero-order chi connectivity index (χ0) is 25.3. The van der Waals surface area contributed by atoms with Gasteiger partial charge in [0.15, 0.2) is 0 Å². The van der Waals surface area contributed by atoms with Crippen molar-refractivity contribution in [1.29, 1.82) is 0 Å². The molecule has 0 saturated heterocycles. The van der Waals surface area contributed by atoms with Crippen molar-refractivity contribution in [1.82, 2.24) is 20.1 Å². The number of ether oxygens (including phenoxy) is 1. The van der Waals surface area contributed by atoms with Gasteiger partial charge in [-0.15, -0.1) is 16.7 Å². The Balaban J connectivity index is 1.49. The van der Waals surface area contributed by atoms with Gasteiger partial charge in [0.25, 0.3) is 11.8 Å². The summed E-state index contributed by atoms with van der Waals surface area (Å²) < 4.78 is 34.7. The van der Waals surface area contributed by atoms with Crippen LogP contribution in [0.2, 0.25) is 5.02 Å². The average Bonchev–Trinajstić information content (AvgIpc) is 3.27. The maximum absolute atomic E-state index is 13.9. The fourth-order valence-corrected chi connectivity index (χ4v) is 3.94. The summed E-state index contributed by atoms with van der Waals surface area (Å²) in [5.41, 5.74) is 1.37.